The maximum Gasteiger partial charge on any atom is 0.189 e. The number of benzene rings is 4. The first-order chi connectivity index (χ1) is 13.6. The smallest absolute Gasteiger partial charge is 0.189 e. The fourth-order valence-electron chi connectivity index (χ4n) is 3.57. The Kier molecular flexibility index (Phi) is 4.98. The first-order valence-corrected chi connectivity index (χ1v) is 9.67. The maximum atomic E-state index is 6.21. The summed E-state index contributed by atoms with van der Waals surface area (Å²) in [5.41, 5.74) is 8.56. The Bertz CT molecular complexity index is 1150. The predicted molar refractivity (Wildman–Crippen MR) is 119 cm³/mol. The zero-order valence-corrected chi connectivity index (χ0v) is 16.3. The average Bonchev–Trinajstić information content (AvgIpc) is 2.72. The maximum absolute atomic E-state index is 6.21. The van der Waals surface area contributed by atoms with E-state index in [1.807, 2.05) is 0 Å². The Morgan fingerprint density at radius 3 is 1.82 bits per heavy atom. The predicted octanol–water partition coefficient (Wildman–Crippen LogP) is 5.72. The molecule has 0 radical (unpaired) electrons. The molecule has 4 aromatic carbocycles. The third-order valence-corrected chi connectivity index (χ3v) is 5.23. The molecule has 140 valence electrons. The monoisotopic (exact) mass is 367 g/mol. The Labute approximate surface area is 165 Å². The standard InChI is InChI=1S/C25H25N3/c1-17(21-13-11-19-7-3-5-9-23(19)15-21)27-25(26)28-18(2)22-14-12-20-8-4-6-10-24(20)16-22/h3-18H,1-2H3,(H3,26,27,28)/t17-,18-/m1/s1. The van der Waals surface area contributed by atoms with Crippen LogP contribution in [0.4, 0.5) is 0 Å². The van der Waals surface area contributed by atoms with E-state index < -0.39 is 0 Å². The number of rotatable bonds is 4. The summed E-state index contributed by atoms with van der Waals surface area (Å²) >= 11 is 0. The van der Waals surface area contributed by atoms with E-state index in [2.05, 4.69) is 109 Å². The number of fused-ring (bicyclic) bond motifs is 2. The van der Waals surface area contributed by atoms with Gasteiger partial charge in [0.25, 0.3) is 0 Å². The summed E-state index contributed by atoms with van der Waals surface area (Å²) in [7, 11) is 0. The van der Waals surface area contributed by atoms with Crippen molar-refractivity contribution in [1.82, 2.24) is 5.32 Å². The van der Waals surface area contributed by atoms with Crippen molar-refractivity contribution in [3.05, 3.63) is 96.1 Å². The Morgan fingerprint density at radius 2 is 1.21 bits per heavy atom. The Balaban J connectivity index is 1.50. The number of aliphatic imine (C=N–C) groups is 1. The van der Waals surface area contributed by atoms with Crippen LogP contribution in [0.3, 0.4) is 0 Å². The topological polar surface area (TPSA) is 50.4 Å². The fraction of sp³-hybridized carbons (Fsp3) is 0.160. The van der Waals surface area contributed by atoms with Crippen LogP contribution in [0.2, 0.25) is 0 Å². The number of nitrogens with zero attached hydrogens (tertiary/aromatic N) is 1. The molecule has 0 aliphatic rings. The largest absolute Gasteiger partial charge is 0.370 e. The normalized spacial score (nSPS) is 14.1. The van der Waals surface area contributed by atoms with Crippen molar-refractivity contribution < 1.29 is 0 Å². The molecule has 4 rings (SSSR count). The van der Waals surface area contributed by atoms with Crippen molar-refractivity contribution in [2.45, 2.75) is 25.9 Å². The van der Waals surface area contributed by atoms with Crippen LogP contribution in [0.15, 0.2) is 89.9 Å². The van der Waals surface area contributed by atoms with Crippen LogP contribution in [0.5, 0.6) is 0 Å². The van der Waals surface area contributed by atoms with Crippen molar-refractivity contribution in [3.63, 3.8) is 0 Å². The molecule has 0 bridgehead atoms. The molecule has 0 unspecified atom stereocenters. The molecule has 0 aliphatic heterocycles. The number of hydrogen-bond donors (Lipinski definition) is 2. The Morgan fingerprint density at radius 1 is 0.714 bits per heavy atom. The van der Waals surface area contributed by atoms with Crippen LogP contribution in [0, 0.1) is 0 Å². The molecule has 3 N–H and O–H groups in total. The lowest BCUT2D eigenvalue weighted by atomic mass is 10.0. The molecule has 0 amide bonds. The molecule has 0 heterocycles. The molecule has 0 saturated carbocycles. The highest BCUT2D eigenvalue weighted by Gasteiger charge is 2.09. The average molecular weight is 367 g/mol. The van der Waals surface area contributed by atoms with Gasteiger partial charge in [-0.25, -0.2) is 4.99 Å². The van der Waals surface area contributed by atoms with E-state index in [1.165, 1.54) is 27.1 Å². The zero-order valence-electron chi connectivity index (χ0n) is 16.3. The highest BCUT2D eigenvalue weighted by molar-refractivity contribution is 5.84. The van der Waals surface area contributed by atoms with Crippen LogP contribution in [-0.2, 0) is 0 Å². The lowest BCUT2D eigenvalue weighted by molar-refractivity contribution is 0.698. The first kappa shape index (κ1) is 18.1. The second kappa shape index (κ2) is 7.73. The molecule has 0 aliphatic carbocycles. The molecule has 0 saturated heterocycles. The SMILES string of the molecule is C[C@@H](N=C(N)N[C@H](C)c1ccc2ccccc2c1)c1ccc2ccccc2c1. The van der Waals surface area contributed by atoms with Crippen molar-refractivity contribution >= 4 is 27.5 Å². The van der Waals surface area contributed by atoms with E-state index in [0.29, 0.717) is 5.96 Å². The first-order valence-electron chi connectivity index (χ1n) is 9.67. The molecule has 4 aromatic rings. The van der Waals surface area contributed by atoms with Crippen molar-refractivity contribution in [3.8, 4) is 0 Å². The lowest BCUT2D eigenvalue weighted by Crippen LogP contribution is -2.34. The van der Waals surface area contributed by atoms with Gasteiger partial charge < -0.3 is 11.1 Å². The lowest BCUT2D eigenvalue weighted by Gasteiger charge is -2.17. The molecule has 0 fully saturated rings. The van der Waals surface area contributed by atoms with Gasteiger partial charge in [0.05, 0.1) is 12.1 Å². The third-order valence-electron chi connectivity index (χ3n) is 5.23. The van der Waals surface area contributed by atoms with Gasteiger partial charge in [-0.2, -0.15) is 0 Å². The minimum atomic E-state index is -0.0130. The van der Waals surface area contributed by atoms with E-state index in [0.717, 1.165) is 5.56 Å². The van der Waals surface area contributed by atoms with Crippen LogP contribution < -0.4 is 11.1 Å². The van der Waals surface area contributed by atoms with Gasteiger partial charge in [-0.3, -0.25) is 0 Å². The van der Waals surface area contributed by atoms with Crippen LogP contribution in [-0.4, -0.2) is 5.96 Å². The van der Waals surface area contributed by atoms with Crippen LogP contribution in [0.25, 0.3) is 21.5 Å². The van der Waals surface area contributed by atoms with Gasteiger partial charge in [0.1, 0.15) is 0 Å². The summed E-state index contributed by atoms with van der Waals surface area (Å²) in [6.07, 6.45) is 0. The van der Waals surface area contributed by atoms with E-state index in [4.69, 9.17) is 5.73 Å². The molecule has 28 heavy (non-hydrogen) atoms. The van der Waals surface area contributed by atoms with E-state index in [-0.39, 0.29) is 12.1 Å². The molecular formula is C25H25N3. The fourth-order valence-corrected chi connectivity index (χ4v) is 3.57. The van der Waals surface area contributed by atoms with Gasteiger partial charge in [0.2, 0.25) is 0 Å². The summed E-state index contributed by atoms with van der Waals surface area (Å²) < 4.78 is 0. The van der Waals surface area contributed by atoms with Gasteiger partial charge >= 0.3 is 0 Å². The Hall–Kier alpha value is -3.33. The van der Waals surface area contributed by atoms with E-state index in [1.54, 1.807) is 0 Å². The summed E-state index contributed by atoms with van der Waals surface area (Å²) in [5, 5.41) is 8.25. The highest BCUT2D eigenvalue weighted by Crippen LogP contribution is 2.23. The second-order valence-electron chi connectivity index (χ2n) is 7.27. The summed E-state index contributed by atoms with van der Waals surface area (Å²) in [6.45, 7) is 4.17. The minimum absolute atomic E-state index is 0.0130. The molecule has 3 heteroatoms. The van der Waals surface area contributed by atoms with Gasteiger partial charge in [-0.1, -0.05) is 72.8 Å². The number of nitrogens with two attached hydrogens (primary N) is 1. The number of nitrogens with one attached hydrogen (secondary N) is 1. The minimum Gasteiger partial charge on any atom is -0.370 e. The van der Waals surface area contributed by atoms with Gasteiger partial charge in [0, 0.05) is 0 Å². The molecule has 2 atom stereocenters. The summed E-state index contributed by atoms with van der Waals surface area (Å²) in [5.74, 6) is 0.460. The van der Waals surface area contributed by atoms with Crippen molar-refractivity contribution in [2.75, 3.05) is 0 Å². The summed E-state index contributed by atoms with van der Waals surface area (Å²) in [6, 6.07) is 29.7. The highest BCUT2D eigenvalue weighted by atomic mass is 15.1. The van der Waals surface area contributed by atoms with Crippen molar-refractivity contribution in [2.24, 2.45) is 10.7 Å². The molecule has 0 aromatic heterocycles. The van der Waals surface area contributed by atoms with E-state index in [9.17, 15) is 0 Å². The van der Waals surface area contributed by atoms with Gasteiger partial charge in [0.15, 0.2) is 5.96 Å². The van der Waals surface area contributed by atoms with E-state index >= 15 is 0 Å². The third kappa shape index (κ3) is 3.84. The molecular weight excluding hydrogens is 342 g/mol. The molecule has 0 spiro atoms. The van der Waals surface area contributed by atoms with Gasteiger partial charge in [-0.15, -0.1) is 0 Å². The number of guanidine groups is 1. The zero-order chi connectivity index (χ0) is 19.5. The van der Waals surface area contributed by atoms with Crippen LogP contribution in [0.1, 0.15) is 37.1 Å². The second-order valence-corrected chi connectivity index (χ2v) is 7.27. The number of hydrogen-bond acceptors (Lipinski definition) is 1. The van der Waals surface area contributed by atoms with Crippen molar-refractivity contribution in [1.29, 1.82) is 0 Å². The molecule has 3 nitrogen and oxygen atoms in total. The van der Waals surface area contributed by atoms with Crippen LogP contribution >= 0.6 is 0 Å². The quantitative estimate of drug-likeness (QED) is 0.358. The summed E-state index contributed by atoms with van der Waals surface area (Å²) in [4.78, 5) is 4.67. The van der Waals surface area contributed by atoms with Gasteiger partial charge in [-0.05, 0) is 58.7 Å².